The third-order valence-corrected chi connectivity index (χ3v) is 4.45. The van der Waals surface area contributed by atoms with Crippen LogP contribution in [-0.4, -0.2) is 10.9 Å². The third kappa shape index (κ3) is 3.30. The molecule has 0 saturated heterocycles. The monoisotopic (exact) mass is 272 g/mol. The molecular formula is C18H24O2. The van der Waals surface area contributed by atoms with Crippen LogP contribution in [0.3, 0.4) is 0 Å². The predicted octanol–water partition coefficient (Wildman–Crippen LogP) is 4.59. The molecule has 1 aliphatic rings. The molecule has 0 heterocycles. The van der Waals surface area contributed by atoms with E-state index in [-0.39, 0.29) is 0 Å². The van der Waals surface area contributed by atoms with Gasteiger partial charge in [-0.2, -0.15) is 0 Å². The maximum absolute atomic E-state index is 11.4. The molecule has 0 amide bonds. The standard InChI is InChI=1S/C18H24O2/c1-3-17(13-5-9-15(19)10-6-13)18(4-2)14-7-11-16(20)12-8-14/h5-7,9-10,17-19H,3-4,8,11-12H2,1-2H3. The molecule has 2 nitrogen and oxygen atoms in total. The first kappa shape index (κ1) is 14.8. The van der Waals surface area contributed by atoms with E-state index in [2.05, 4.69) is 19.9 Å². The Morgan fingerprint density at radius 3 is 2.20 bits per heavy atom. The average molecular weight is 272 g/mol. The Balaban J connectivity index is 2.23. The number of carbonyl (C=O) groups excluding carboxylic acids is 1. The number of benzene rings is 1. The highest BCUT2D eigenvalue weighted by atomic mass is 16.3. The largest absolute Gasteiger partial charge is 0.508 e. The number of hydrogen-bond donors (Lipinski definition) is 1. The summed E-state index contributed by atoms with van der Waals surface area (Å²) in [6, 6.07) is 7.59. The summed E-state index contributed by atoms with van der Waals surface area (Å²) in [5.41, 5.74) is 2.74. The van der Waals surface area contributed by atoms with Gasteiger partial charge in [-0.15, -0.1) is 0 Å². The molecule has 20 heavy (non-hydrogen) atoms. The smallest absolute Gasteiger partial charge is 0.136 e. The van der Waals surface area contributed by atoms with Crippen molar-refractivity contribution in [3.8, 4) is 5.75 Å². The molecule has 2 heteroatoms. The molecule has 1 aromatic rings. The Morgan fingerprint density at radius 2 is 1.70 bits per heavy atom. The molecule has 0 saturated carbocycles. The van der Waals surface area contributed by atoms with Crippen LogP contribution in [0.5, 0.6) is 5.75 Å². The molecule has 0 aliphatic heterocycles. The number of ketones is 1. The molecule has 2 unspecified atom stereocenters. The second-order valence-corrected chi connectivity index (χ2v) is 5.64. The van der Waals surface area contributed by atoms with Crippen LogP contribution in [0.2, 0.25) is 0 Å². The van der Waals surface area contributed by atoms with Crippen molar-refractivity contribution in [2.24, 2.45) is 5.92 Å². The van der Waals surface area contributed by atoms with Crippen molar-refractivity contribution in [3.63, 3.8) is 0 Å². The topological polar surface area (TPSA) is 37.3 Å². The molecule has 0 bridgehead atoms. The van der Waals surface area contributed by atoms with Gasteiger partial charge in [0.05, 0.1) is 0 Å². The Morgan fingerprint density at radius 1 is 1.05 bits per heavy atom. The van der Waals surface area contributed by atoms with Crippen LogP contribution in [0.25, 0.3) is 0 Å². The SMILES string of the molecule is CCC(C1=CCC(=O)CC1)C(CC)c1ccc(O)cc1. The van der Waals surface area contributed by atoms with Crippen LogP contribution in [-0.2, 0) is 4.79 Å². The first-order valence-corrected chi connectivity index (χ1v) is 7.65. The van der Waals surface area contributed by atoms with Gasteiger partial charge in [-0.25, -0.2) is 0 Å². The maximum atomic E-state index is 11.4. The van der Waals surface area contributed by atoms with Crippen molar-refractivity contribution in [1.82, 2.24) is 0 Å². The first-order chi connectivity index (χ1) is 9.65. The van der Waals surface area contributed by atoms with Crippen molar-refractivity contribution in [2.75, 3.05) is 0 Å². The molecule has 108 valence electrons. The second kappa shape index (κ2) is 6.74. The minimum Gasteiger partial charge on any atom is -0.508 e. The lowest BCUT2D eigenvalue weighted by molar-refractivity contribution is -0.118. The second-order valence-electron chi connectivity index (χ2n) is 5.64. The lowest BCUT2D eigenvalue weighted by atomic mass is 9.75. The van der Waals surface area contributed by atoms with Gasteiger partial charge >= 0.3 is 0 Å². The zero-order valence-electron chi connectivity index (χ0n) is 12.4. The molecule has 0 spiro atoms. The van der Waals surface area contributed by atoms with E-state index in [9.17, 15) is 9.90 Å². The van der Waals surface area contributed by atoms with Gasteiger partial charge in [-0.05, 0) is 48.8 Å². The van der Waals surface area contributed by atoms with Gasteiger partial charge < -0.3 is 5.11 Å². The molecule has 1 aromatic carbocycles. The number of carbonyl (C=O) groups is 1. The molecule has 0 aromatic heterocycles. The highest BCUT2D eigenvalue weighted by Crippen LogP contribution is 2.38. The van der Waals surface area contributed by atoms with E-state index in [4.69, 9.17) is 0 Å². The number of rotatable bonds is 5. The number of phenolic OH excluding ortho intramolecular Hbond substituents is 1. The van der Waals surface area contributed by atoms with Gasteiger partial charge in [0.25, 0.3) is 0 Å². The summed E-state index contributed by atoms with van der Waals surface area (Å²) >= 11 is 0. The van der Waals surface area contributed by atoms with Crippen LogP contribution in [0, 0.1) is 5.92 Å². The molecule has 0 radical (unpaired) electrons. The van der Waals surface area contributed by atoms with E-state index in [1.54, 1.807) is 12.1 Å². The van der Waals surface area contributed by atoms with E-state index >= 15 is 0 Å². The van der Waals surface area contributed by atoms with Gasteiger partial charge in [-0.1, -0.05) is 37.6 Å². The Bertz CT molecular complexity index is 485. The molecule has 2 atom stereocenters. The lowest BCUT2D eigenvalue weighted by Gasteiger charge is -2.30. The molecule has 1 aliphatic carbocycles. The fourth-order valence-electron chi connectivity index (χ4n) is 3.35. The van der Waals surface area contributed by atoms with E-state index in [1.807, 2.05) is 12.1 Å². The number of allylic oxidation sites excluding steroid dienone is 2. The minimum absolute atomic E-state index is 0.319. The number of hydrogen-bond acceptors (Lipinski definition) is 2. The van der Waals surface area contributed by atoms with Crippen LogP contribution in [0.1, 0.15) is 57.4 Å². The number of phenols is 1. The summed E-state index contributed by atoms with van der Waals surface area (Å²) in [6.45, 7) is 4.44. The summed E-state index contributed by atoms with van der Waals surface area (Å²) in [5.74, 6) is 1.66. The summed E-state index contributed by atoms with van der Waals surface area (Å²) in [6.07, 6.45) is 6.56. The van der Waals surface area contributed by atoms with E-state index in [0.717, 1.165) is 19.3 Å². The van der Waals surface area contributed by atoms with E-state index in [0.29, 0.717) is 36.2 Å². The normalized spacial score (nSPS) is 18.5. The van der Waals surface area contributed by atoms with Gasteiger partial charge in [0.15, 0.2) is 0 Å². The Hall–Kier alpha value is -1.57. The van der Waals surface area contributed by atoms with E-state index in [1.165, 1.54) is 11.1 Å². The summed E-state index contributed by atoms with van der Waals surface area (Å²) < 4.78 is 0. The van der Waals surface area contributed by atoms with Crippen molar-refractivity contribution < 1.29 is 9.90 Å². The van der Waals surface area contributed by atoms with Gasteiger partial charge in [0.2, 0.25) is 0 Å². The zero-order chi connectivity index (χ0) is 14.5. The number of aromatic hydroxyl groups is 1. The first-order valence-electron chi connectivity index (χ1n) is 7.65. The Kier molecular flexibility index (Phi) is 4.99. The highest BCUT2D eigenvalue weighted by Gasteiger charge is 2.25. The van der Waals surface area contributed by atoms with Crippen molar-refractivity contribution in [2.45, 2.75) is 51.9 Å². The fraction of sp³-hybridized carbons (Fsp3) is 0.500. The van der Waals surface area contributed by atoms with Crippen molar-refractivity contribution >= 4 is 5.78 Å². The highest BCUT2D eigenvalue weighted by molar-refractivity contribution is 5.81. The quantitative estimate of drug-likeness (QED) is 0.796. The van der Waals surface area contributed by atoms with Gasteiger partial charge in [0, 0.05) is 12.8 Å². The molecule has 1 N–H and O–H groups in total. The molecular weight excluding hydrogens is 248 g/mol. The zero-order valence-corrected chi connectivity index (χ0v) is 12.4. The molecule has 2 rings (SSSR count). The average Bonchev–Trinajstić information content (AvgIpc) is 2.47. The van der Waals surface area contributed by atoms with E-state index < -0.39 is 0 Å². The lowest BCUT2D eigenvalue weighted by Crippen LogP contribution is -2.17. The predicted molar refractivity (Wildman–Crippen MR) is 81.9 cm³/mol. The summed E-state index contributed by atoms with van der Waals surface area (Å²) in [5, 5.41) is 9.44. The van der Waals surface area contributed by atoms with Crippen LogP contribution in [0.15, 0.2) is 35.9 Å². The Labute approximate surface area is 121 Å². The number of Topliss-reactive ketones (excluding diaryl/α,β-unsaturated/α-hetero) is 1. The van der Waals surface area contributed by atoms with Gasteiger partial charge in [0.1, 0.15) is 11.5 Å². The van der Waals surface area contributed by atoms with Crippen LogP contribution >= 0.6 is 0 Å². The summed E-state index contributed by atoms with van der Waals surface area (Å²) in [4.78, 5) is 11.4. The van der Waals surface area contributed by atoms with Crippen LogP contribution in [0.4, 0.5) is 0 Å². The van der Waals surface area contributed by atoms with Crippen molar-refractivity contribution in [3.05, 3.63) is 41.5 Å². The van der Waals surface area contributed by atoms with Crippen molar-refractivity contribution in [1.29, 1.82) is 0 Å². The molecule has 0 fully saturated rings. The van der Waals surface area contributed by atoms with Crippen LogP contribution < -0.4 is 0 Å². The fourth-order valence-corrected chi connectivity index (χ4v) is 3.35. The maximum Gasteiger partial charge on any atom is 0.136 e. The summed E-state index contributed by atoms with van der Waals surface area (Å²) in [7, 11) is 0. The minimum atomic E-state index is 0.319. The third-order valence-electron chi connectivity index (χ3n) is 4.45. The van der Waals surface area contributed by atoms with Gasteiger partial charge in [-0.3, -0.25) is 4.79 Å².